The molecular weight excluding hydrogens is 352 g/mol. The molecule has 2 aromatic rings. The molecule has 2 bridgehead atoms. The molecule has 2 aromatic heterocycles. The van der Waals surface area contributed by atoms with Crippen molar-refractivity contribution in [1.29, 1.82) is 0 Å². The average Bonchev–Trinajstić information content (AvgIpc) is 3.14. The summed E-state index contributed by atoms with van der Waals surface area (Å²) in [6, 6.07) is 5.52. The number of aromatic nitrogens is 3. The number of piperidine rings is 1. The van der Waals surface area contributed by atoms with E-state index in [-0.39, 0.29) is 23.2 Å². The van der Waals surface area contributed by atoms with Gasteiger partial charge >= 0.3 is 0 Å². The maximum atomic E-state index is 13.2. The van der Waals surface area contributed by atoms with Crippen LogP contribution in [-0.2, 0) is 16.6 Å². The SMILES string of the molecule is CCn1cc(S(=O)(=O)N2C3CCC2CC(Oc2ccccn2)C3)nc1C. The fraction of sp³-hybridized carbons (Fsp3) is 0.556. The van der Waals surface area contributed by atoms with Crippen LogP contribution in [0.5, 0.6) is 5.88 Å². The van der Waals surface area contributed by atoms with Gasteiger partial charge in [0.2, 0.25) is 5.88 Å². The zero-order valence-corrected chi connectivity index (χ0v) is 15.9. The lowest BCUT2D eigenvalue weighted by Crippen LogP contribution is -2.49. The minimum Gasteiger partial charge on any atom is -0.474 e. The van der Waals surface area contributed by atoms with Crippen molar-refractivity contribution in [2.75, 3.05) is 0 Å². The van der Waals surface area contributed by atoms with Gasteiger partial charge in [-0.3, -0.25) is 0 Å². The first-order valence-electron chi connectivity index (χ1n) is 9.14. The van der Waals surface area contributed by atoms with Gasteiger partial charge in [-0.05, 0) is 32.8 Å². The van der Waals surface area contributed by atoms with Crippen molar-refractivity contribution in [1.82, 2.24) is 18.8 Å². The van der Waals surface area contributed by atoms with Crippen LogP contribution >= 0.6 is 0 Å². The lowest BCUT2D eigenvalue weighted by atomic mass is 10.0. The molecule has 0 saturated carbocycles. The molecule has 0 spiro atoms. The third kappa shape index (κ3) is 3.01. The molecule has 140 valence electrons. The van der Waals surface area contributed by atoms with E-state index in [0.717, 1.165) is 18.7 Å². The smallest absolute Gasteiger partial charge is 0.262 e. The molecule has 0 amide bonds. The number of pyridine rings is 1. The van der Waals surface area contributed by atoms with Crippen LogP contribution in [0.2, 0.25) is 0 Å². The molecule has 26 heavy (non-hydrogen) atoms. The van der Waals surface area contributed by atoms with E-state index >= 15 is 0 Å². The van der Waals surface area contributed by atoms with Gasteiger partial charge in [-0.25, -0.2) is 18.4 Å². The Morgan fingerprint density at radius 2 is 1.96 bits per heavy atom. The Hall–Kier alpha value is -1.93. The summed E-state index contributed by atoms with van der Waals surface area (Å²) in [4.78, 5) is 8.52. The highest BCUT2D eigenvalue weighted by Crippen LogP contribution is 2.40. The zero-order valence-electron chi connectivity index (χ0n) is 15.1. The molecule has 0 N–H and O–H groups in total. The van der Waals surface area contributed by atoms with E-state index in [0.29, 0.717) is 25.3 Å². The van der Waals surface area contributed by atoms with Crippen LogP contribution in [0.3, 0.4) is 0 Å². The number of aryl methyl sites for hydroxylation is 2. The lowest BCUT2D eigenvalue weighted by Gasteiger charge is -2.37. The summed E-state index contributed by atoms with van der Waals surface area (Å²) in [6.45, 7) is 4.53. The van der Waals surface area contributed by atoms with E-state index in [1.165, 1.54) is 0 Å². The molecule has 2 unspecified atom stereocenters. The molecule has 2 saturated heterocycles. The van der Waals surface area contributed by atoms with Gasteiger partial charge in [0.15, 0.2) is 5.03 Å². The van der Waals surface area contributed by atoms with Gasteiger partial charge in [0.25, 0.3) is 10.0 Å². The normalized spacial score (nSPS) is 26.2. The monoisotopic (exact) mass is 376 g/mol. The molecule has 2 fully saturated rings. The minimum atomic E-state index is -3.58. The average molecular weight is 376 g/mol. The summed E-state index contributed by atoms with van der Waals surface area (Å²) >= 11 is 0. The lowest BCUT2D eigenvalue weighted by molar-refractivity contribution is 0.0917. The van der Waals surface area contributed by atoms with E-state index in [2.05, 4.69) is 9.97 Å². The number of imidazole rings is 1. The summed E-state index contributed by atoms with van der Waals surface area (Å²) in [6.07, 6.45) is 6.50. The number of hydrogen-bond donors (Lipinski definition) is 0. The Bertz CT molecular complexity index is 867. The van der Waals surface area contributed by atoms with Crippen LogP contribution in [-0.4, -0.2) is 45.4 Å². The van der Waals surface area contributed by atoms with Gasteiger partial charge < -0.3 is 9.30 Å². The molecule has 0 aliphatic carbocycles. The predicted octanol–water partition coefficient (Wildman–Crippen LogP) is 2.37. The van der Waals surface area contributed by atoms with Gasteiger partial charge in [0.1, 0.15) is 11.9 Å². The first-order chi connectivity index (χ1) is 12.5. The second-order valence-electron chi connectivity index (χ2n) is 7.01. The third-order valence-electron chi connectivity index (χ3n) is 5.38. The van der Waals surface area contributed by atoms with E-state index in [4.69, 9.17) is 4.74 Å². The van der Waals surface area contributed by atoms with Crippen molar-refractivity contribution in [3.63, 3.8) is 0 Å². The quantitative estimate of drug-likeness (QED) is 0.801. The Balaban J connectivity index is 1.54. The fourth-order valence-electron chi connectivity index (χ4n) is 4.19. The van der Waals surface area contributed by atoms with E-state index < -0.39 is 10.0 Å². The Labute approximate surface area is 154 Å². The standard InChI is InChI=1S/C18H24N4O3S/c1-3-21-12-18(20-13(21)2)26(23,24)22-14-7-8-15(22)11-16(10-14)25-17-6-4-5-9-19-17/h4-6,9,12,14-16H,3,7-8,10-11H2,1-2H3. The van der Waals surface area contributed by atoms with Crippen LogP contribution in [0.1, 0.15) is 38.4 Å². The largest absolute Gasteiger partial charge is 0.474 e. The molecule has 0 aromatic carbocycles. The topological polar surface area (TPSA) is 77.3 Å². The number of rotatable bonds is 5. The summed E-state index contributed by atoms with van der Waals surface area (Å²) in [5, 5.41) is 0.165. The molecule has 7 nitrogen and oxygen atoms in total. The summed E-state index contributed by atoms with van der Waals surface area (Å²) in [5.74, 6) is 1.33. The second-order valence-corrected chi connectivity index (χ2v) is 8.80. The summed E-state index contributed by atoms with van der Waals surface area (Å²) in [7, 11) is -3.58. The van der Waals surface area contributed by atoms with E-state index in [1.54, 1.807) is 16.7 Å². The van der Waals surface area contributed by atoms with Crippen LogP contribution in [0.25, 0.3) is 0 Å². The van der Waals surface area contributed by atoms with E-state index in [1.807, 2.05) is 36.6 Å². The Kier molecular flexibility index (Phi) is 4.48. The summed E-state index contributed by atoms with van der Waals surface area (Å²) in [5.41, 5.74) is 0. The van der Waals surface area contributed by atoms with Crippen molar-refractivity contribution >= 4 is 10.0 Å². The zero-order chi connectivity index (χ0) is 18.3. The molecule has 4 heterocycles. The van der Waals surface area contributed by atoms with Crippen molar-refractivity contribution in [3.8, 4) is 5.88 Å². The van der Waals surface area contributed by atoms with Gasteiger partial charge in [-0.1, -0.05) is 6.07 Å². The van der Waals surface area contributed by atoms with E-state index in [9.17, 15) is 8.42 Å². The van der Waals surface area contributed by atoms with Gasteiger partial charge in [0.05, 0.1) is 0 Å². The fourth-order valence-corrected chi connectivity index (χ4v) is 6.08. The molecule has 4 rings (SSSR count). The van der Waals surface area contributed by atoms with Crippen LogP contribution in [0, 0.1) is 6.92 Å². The van der Waals surface area contributed by atoms with Crippen LogP contribution in [0.15, 0.2) is 35.6 Å². The second kappa shape index (κ2) is 6.66. The van der Waals surface area contributed by atoms with Gasteiger partial charge in [-0.2, -0.15) is 4.31 Å². The van der Waals surface area contributed by atoms with Crippen molar-refractivity contribution in [3.05, 3.63) is 36.4 Å². The van der Waals surface area contributed by atoms with Crippen LogP contribution in [0.4, 0.5) is 0 Å². The molecule has 0 radical (unpaired) electrons. The number of hydrogen-bond acceptors (Lipinski definition) is 5. The van der Waals surface area contributed by atoms with Crippen molar-refractivity contribution < 1.29 is 13.2 Å². The first kappa shape index (κ1) is 17.5. The van der Waals surface area contributed by atoms with Crippen molar-refractivity contribution in [2.24, 2.45) is 0 Å². The maximum absolute atomic E-state index is 13.2. The molecule has 2 aliphatic rings. The number of ether oxygens (including phenoxy) is 1. The highest BCUT2D eigenvalue weighted by Gasteiger charge is 2.48. The molecule has 2 atom stereocenters. The van der Waals surface area contributed by atoms with Crippen LogP contribution < -0.4 is 4.74 Å². The van der Waals surface area contributed by atoms with Gasteiger partial charge in [0, 0.05) is 49.9 Å². The number of sulfonamides is 1. The minimum absolute atomic E-state index is 0.00350. The number of fused-ring (bicyclic) bond motifs is 2. The van der Waals surface area contributed by atoms with Crippen molar-refractivity contribution in [2.45, 2.75) is 69.3 Å². The highest BCUT2D eigenvalue weighted by atomic mass is 32.2. The van der Waals surface area contributed by atoms with Gasteiger partial charge in [-0.15, -0.1) is 0 Å². The molecule has 8 heteroatoms. The number of nitrogens with zero attached hydrogens (tertiary/aromatic N) is 4. The molecular formula is C18H24N4O3S. The Morgan fingerprint density at radius 1 is 1.23 bits per heavy atom. The third-order valence-corrected chi connectivity index (χ3v) is 7.26. The first-order valence-corrected chi connectivity index (χ1v) is 10.6. The highest BCUT2D eigenvalue weighted by molar-refractivity contribution is 7.89. The maximum Gasteiger partial charge on any atom is 0.262 e. The summed E-state index contributed by atoms with van der Waals surface area (Å²) < 4.78 is 35.9. The predicted molar refractivity (Wildman–Crippen MR) is 96.4 cm³/mol. The Morgan fingerprint density at radius 3 is 2.54 bits per heavy atom. The molecule has 2 aliphatic heterocycles.